The van der Waals surface area contributed by atoms with E-state index < -0.39 is 40.0 Å². The van der Waals surface area contributed by atoms with Gasteiger partial charge in [0.25, 0.3) is 11.8 Å². The van der Waals surface area contributed by atoms with Crippen LogP contribution in [0.4, 0.5) is 0 Å². The van der Waals surface area contributed by atoms with Gasteiger partial charge in [0.1, 0.15) is 10.9 Å². The number of carbonyl (C=O) groups is 2. The lowest BCUT2D eigenvalue weighted by Crippen LogP contribution is -2.44. The summed E-state index contributed by atoms with van der Waals surface area (Å²) in [4.78, 5) is 25.6. The van der Waals surface area contributed by atoms with Crippen LogP contribution in [0.25, 0.3) is 10.6 Å². The Balaban J connectivity index is 1.65. The van der Waals surface area contributed by atoms with Crippen molar-refractivity contribution in [2.75, 3.05) is 7.11 Å². The van der Waals surface area contributed by atoms with Gasteiger partial charge in [0, 0.05) is 13.5 Å². The van der Waals surface area contributed by atoms with Gasteiger partial charge in [-0.05, 0) is 34.3 Å². The smallest absolute Gasteiger partial charge is 0.340 e. The minimum atomic E-state index is -4.30. The summed E-state index contributed by atoms with van der Waals surface area (Å²) in [6, 6.07) is 18.0. The highest BCUT2D eigenvalue weighted by molar-refractivity contribution is 7.87. The predicted octanol–water partition coefficient (Wildman–Crippen LogP) is 3.67. The largest absolute Gasteiger partial charge is 0.480 e. The van der Waals surface area contributed by atoms with Gasteiger partial charge in [-0.3, -0.25) is 4.79 Å². The summed E-state index contributed by atoms with van der Waals surface area (Å²) in [5.74, 6) is -2.32. The highest BCUT2D eigenvalue weighted by Crippen LogP contribution is 2.35. The molecule has 2 aromatic carbocycles. The molecule has 2 N–H and O–H groups in total. The first-order valence-electron chi connectivity index (χ1n) is 10.9. The van der Waals surface area contributed by atoms with Gasteiger partial charge in [-0.1, -0.05) is 54.6 Å². The Kier molecular flexibility index (Phi) is 8.01. The molecule has 37 heavy (non-hydrogen) atoms. The maximum Gasteiger partial charge on any atom is 0.340 e. The number of carboxylic acid groups (broad SMARTS) is 1. The predicted molar refractivity (Wildman–Crippen MR) is 134 cm³/mol. The van der Waals surface area contributed by atoms with Gasteiger partial charge in [0.05, 0.1) is 10.4 Å². The van der Waals surface area contributed by atoms with E-state index in [9.17, 15) is 23.1 Å². The third kappa shape index (κ3) is 6.05. The number of hydrogen-bond acceptors (Lipinski definition) is 9. The summed E-state index contributed by atoms with van der Waals surface area (Å²) in [5, 5.41) is 17.9. The van der Waals surface area contributed by atoms with Crippen molar-refractivity contribution in [3.05, 3.63) is 89.3 Å². The molecule has 0 radical (unpaired) electrons. The Labute approximate surface area is 216 Å². The molecule has 0 saturated carbocycles. The Hall–Kier alpha value is -4.00. The SMILES string of the molecule is COC(C(=O)NC(Cc1c(OS(=O)(=O)c2ccccc2)noc1-c1cccs1)C(=O)O)c1ccccc1. The molecule has 0 saturated heterocycles. The fourth-order valence-corrected chi connectivity index (χ4v) is 5.21. The van der Waals surface area contributed by atoms with Crippen LogP contribution in [-0.2, 0) is 30.9 Å². The van der Waals surface area contributed by atoms with Crippen molar-refractivity contribution in [2.24, 2.45) is 0 Å². The van der Waals surface area contributed by atoms with Crippen molar-refractivity contribution < 1.29 is 36.6 Å². The van der Waals surface area contributed by atoms with Gasteiger partial charge in [0.15, 0.2) is 11.9 Å². The molecule has 0 aliphatic carbocycles. The van der Waals surface area contributed by atoms with E-state index in [-0.39, 0.29) is 22.6 Å². The second kappa shape index (κ2) is 11.4. The van der Waals surface area contributed by atoms with Gasteiger partial charge in [0.2, 0.25) is 0 Å². The van der Waals surface area contributed by atoms with Gasteiger partial charge < -0.3 is 23.9 Å². The zero-order valence-electron chi connectivity index (χ0n) is 19.4. The second-order valence-corrected chi connectivity index (χ2v) is 10.2. The molecule has 2 unspecified atom stereocenters. The summed E-state index contributed by atoms with van der Waals surface area (Å²) < 4.78 is 41.6. The van der Waals surface area contributed by atoms with E-state index >= 15 is 0 Å². The molecular formula is C25H22N2O8S2. The zero-order valence-corrected chi connectivity index (χ0v) is 21.1. The number of hydrogen-bond donors (Lipinski definition) is 2. The Morgan fingerprint density at radius 2 is 1.73 bits per heavy atom. The number of methoxy groups -OCH3 is 1. The molecule has 0 bridgehead atoms. The van der Waals surface area contributed by atoms with Crippen LogP contribution in [0.2, 0.25) is 0 Å². The minimum absolute atomic E-state index is 0.0725. The molecule has 4 rings (SSSR count). The molecule has 0 aliphatic heterocycles. The number of carbonyl (C=O) groups excluding carboxylic acids is 1. The molecule has 0 spiro atoms. The highest BCUT2D eigenvalue weighted by atomic mass is 32.2. The molecule has 10 nitrogen and oxygen atoms in total. The first-order valence-corrected chi connectivity index (χ1v) is 13.2. The van der Waals surface area contributed by atoms with Crippen LogP contribution >= 0.6 is 11.3 Å². The first-order chi connectivity index (χ1) is 17.8. The van der Waals surface area contributed by atoms with E-state index in [1.807, 2.05) is 0 Å². The lowest BCUT2D eigenvalue weighted by molar-refractivity contribution is -0.144. The Morgan fingerprint density at radius 1 is 1.05 bits per heavy atom. The number of thiophene rings is 1. The monoisotopic (exact) mass is 542 g/mol. The molecule has 192 valence electrons. The van der Waals surface area contributed by atoms with Crippen molar-refractivity contribution >= 4 is 33.3 Å². The Bertz CT molecular complexity index is 1450. The summed E-state index contributed by atoms with van der Waals surface area (Å²) in [6.07, 6.45) is -1.43. The number of amides is 1. The molecule has 2 atom stereocenters. The molecule has 12 heteroatoms. The summed E-state index contributed by atoms with van der Waals surface area (Å²) >= 11 is 1.28. The number of carboxylic acids is 1. The molecule has 1 amide bonds. The number of aliphatic carboxylic acids is 1. The molecular weight excluding hydrogens is 520 g/mol. The fraction of sp³-hybridized carbons (Fsp3) is 0.160. The second-order valence-electron chi connectivity index (χ2n) is 7.75. The van der Waals surface area contributed by atoms with E-state index in [0.29, 0.717) is 10.4 Å². The van der Waals surface area contributed by atoms with E-state index in [2.05, 4.69) is 10.5 Å². The standard InChI is InChI=1S/C25H22N2O8S2/c1-33-21(16-9-4-2-5-10-16)23(28)26-19(25(29)30)15-18-22(20-13-8-14-36-20)34-27-24(18)35-37(31,32)17-11-6-3-7-12-17/h2-14,19,21H,15H2,1H3,(H,26,28)(H,29,30). The fourth-order valence-electron chi connectivity index (χ4n) is 3.55. The lowest BCUT2D eigenvalue weighted by atomic mass is 10.0. The zero-order chi connectivity index (χ0) is 26.4. The van der Waals surface area contributed by atoms with Crippen LogP contribution < -0.4 is 9.50 Å². The van der Waals surface area contributed by atoms with Gasteiger partial charge in [-0.2, -0.15) is 8.42 Å². The third-order valence-corrected chi connectivity index (χ3v) is 7.41. The number of ether oxygens (including phenoxy) is 1. The molecule has 4 aromatic rings. The third-order valence-electron chi connectivity index (χ3n) is 5.32. The first kappa shape index (κ1) is 26.1. The van der Waals surface area contributed by atoms with Crippen molar-refractivity contribution in [3.8, 4) is 16.5 Å². The van der Waals surface area contributed by atoms with Gasteiger partial charge in [-0.15, -0.1) is 11.3 Å². The number of nitrogens with zero attached hydrogens (tertiary/aromatic N) is 1. The lowest BCUT2D eigenvalue weighted by Gasteiger charge is -2.20. The average Bonchev–Trinajstić information content (AvgIpc) is 3.55. The summed E-state index contributed by atoms with van der Waals surface area (Å²) in [6.45, 7) is 0. The van der Waals surface area contributed by atoms with Crippen LogP contribution in [-0.4, -0.2) is 43.7 Å². The van der Waals surface area contributed by atoms with Crippen molar-refractivity contribution in [2.45, 2.75) is 23.5 Å². The number of rotatable bonds is 11. The summed E-state index contributed by atoms with van der Waals surface area (Å²) in [7, 11) is -2.96. The van der Waals surface area contributed by atoms with Crippen LogP contribution in [0.15, 0.2) is 87.6 Å². The topological polar surface area (TPSA) is 145 Å². The van der Waals surface area contributed by atoms with E-state index in [4.69, 9.17) is 13.4 Å². The number of aromatic nitrogens is 1. The van der Waals surface area contributed by atoms with Crippen LogP contribution in [0.1, 0.15) is 17.2 Å². The van der Waals surface area contributed by atoms with Crippen molar-refractivity contribution in [1.29, 1.82) is 0 Å². The summed E-state index contributed by atoms with van der Waals surface area (Å²) in [5.41, 5.74) is 0.609. The molecule has 2 heterocycles. The quantitative estimate of drug-likeness (QED) is 0.271. The Morgan fingerprint density at radius 3 is 2.32 bits per heavy atom. The van der Waals surface area contributed by atoms with Crippen LogP contribution in [0.3, 0.4) is 0 Å². The minimum Gasteiger partial charge on any atom is -0.480 e. The molecule has 2 aromatic heterocycles. The average molecular weight is 543 g/mol. The number of nitrogens with one attached hydrogen (secondary N) is 1. The maximum atomic E-state index is 13.0. The van der Waals surface area contributed by atoms with Gasteiger partial charge in [-0.25, -0.2) is 4.79 Å². The van der Waals surface area contributed by atoms with Crippen LogP contribution in [0.5, 0.6) is 5.88 Å². The molecule has 0 fully saturated rings. The normalized spacial score (nSPS) is 13.0. The van der Waals surface area contributed by atoms with E-state index in [1.165, 1.54) is 42.7 Å². The molecule has 0 aliphatic rings. The van der Waals surface area contributed by atoms with Gasteiger partial charge >= 0.3 is 16.1 Å². The highest BCUT2D eigenvalue weighted by Gasteiger charge is 2.32. The number of benzene rings is 2. The van der Waals surface area contributed by atoms with E-state index in [0.717, 1.165) is 0 Å². The van der Waals surface area contributed by atoms with Crippen molar-refractivity contribution in [3.63, 3.8) is 0 Å². The van der Waals surface area contributed by atoms with Crippen LogP contribution in [0, 0.1) is 0 Å². The maximum absolute atomic E-state index is 13.0. The van der Waals surface area contributed by atoms with E-state index in [1.54, 1.807) is 53.9 Å². The van der Waals surface area contributed by atoms with Crippen molar-refractivity contribution in [1.82, 2.24) is 10.5 Å².